The smallest absolute Gasteiger partial charge is 0.271 e. The van der Waals surface area contributed by atoms with Gasteiger partial charge in [0, 0.05) is 69.1 Å². The third-order valence-corrected chi connectivity index (χ3v) is 10.5. The van der Waals surface area contributed by atoms with Crippen molar-refractivity contribution in [2.45, 2.75) is 38.1 Å². The Hall–Kier alpha value is -6.05. The number of nitrogens with one attached hydrogen (secondary N) is 1. The number of aliphatic hydroxyl groups excluding tert-OH is 1. The molecule has 6 aromatic rings. The Morgan fingerprint density at radius 1 is 0.804 bits per heavy atom. The maximum atomic E-state index is 12.9. The van der Waals surface area contributed by atoms with Gasteiger partial charge in [-0.05, 0) is 58.1 Å². The van der Waals surface area contributed by atoms with E-state index in [1.165, 1.54) is 6.20 Å². The zero-order valence-corrected chi connectivity index (χ0v) is 30.7. The summed E-state index contributed by atoms with van der Waals surface area (Å²) < 4.78 is 13.3. The zero-order chi connectivity index (χ0) is 38.4. The van der Waals surface area contributed by atoms with Crippen molar-refractivity contribution in [3.05, 3.63) is 166 Å². The number of para-hydroxylation sites is 2. The van der Waals surface area contributed by atoms with Crippen LogP contribution in [0.15, 0.2) is 128 Å². The number of non-ortho nitro benzene ring substituents is 1. The van der Waals surface area contributed by atoms with Crippen LogP contribution in [0.5, 0.6) is 0 Å². The SMILES string of the molecule is O=C(NCc1cccc(-c2ccc([C@H]3O[C@@H](CN4CCN(c5ccc([N+](=O)[O-])cc5)CC4)C[C@@H](c4ccc(CO)cc4)O3)cc2)c1)c1cnc2ccccc2n1. The normalized spacial score (nSPS) is 18.8. The van der Waals surface area contributed by atoms with Crippen LogP contribution >= 0.6 is 0 Å². The Labute approximate surface area is 324 Å². The largest absolute Gasteiger partial charge is 0.392 e. The number of amides is 1. The minimum Gasteiger partial charge on any atom is -0.392 e. The predicted octanol–water partition coefficient (Wildman–Crippen LogP) is 6.99. The number of benzene rings is 5. The van der Waals surface area contributed by atoms with Crippen molar-refractivity contribution >= 4 is 28.3 Å². The van der Waals surface area contributed by atoms with Crippen molar-refractivity contribution < 1.29 is 24.3 Å². The summed E-state index contributed by atoms with van der Waals surface area (Å²) in [7, 11) is 0. The van der Waals surface area contributed by atoms with Gasteiger partial charge in [0.2, 0.25) is 0 Å². The van der Waals surface area contributed by atoms with E-state index in [2.05, 4.69) is 43.3 Å². The summed E-state index contributed by atoms with van der Waals surface area (Å²) in [6.07, 6.45) is 1.33. The summed E-state index contributed by atoms with van der Waals surface area (Å²) in [5.41, 5.74) is 8.57. The lowest BCUT2D eigenvalue weighted by Crippen LogP contribution is -2.49. The van der Waals surface area contributed by atoms with Crippen LogP contribution in [0.2, 0.25) is 0 Å². The summed E-state index contributed by atoms with van der Waals surface area (Å²) in [4.78, 5) is 37.1. The first-order chi connectivity index (χ1) is 27.4. The Morgan fingerprint density at radius 2 is 1.54 bits per heavy atom. The number of aliphatic hydroxyl groups is 1. The standard InChI is InChI=1S/C44H42N6O6/c51-29-30-8-10-33(11-9-30)42-25-38(28-48-20-22-49(23-21-48)36-16-18-37(19-17-36)50(53)54)55-44(56-42)34-14-12-32(13-15-34)35-5-3-4-31(24-35)26-46-43(52)41-27-45-39-6-1-2-7-40(39)47-41/h1-19,24,27,38,42,44,51H,20-23,25-26,28-29H2,(H,46,52)/t38-,42+,44+/m1/s1. The van der Waals surface area contributed by atoms with E-state index in [0.29, 0.717) is 18.5 Å². The van der Waals surface area contributed by atoms with Crippen molar-refractivity contribution in [1.82, 2.24) is 20.2 Å². The molecule has 1 amide bonds. The highest BCUT2D eigenvalue weighted by molar-refractivity contribution is 5.93. The second-order valence-corrected chi connectivity index (χ2v) is 14.2. The van der Waals surface area contributed by atoms with Crippen molar-refractivity contribution in [2.24, 2.45) is 0 Å². The topological polar surface area (TPSA) is 143 Å². The van der Waals surface area contributed by atoms with Crippen LogP contribution in [0.25, 0.3) is 22.2 Å². The van der Waals surface area contributed by atoms with Crippen molar-refractivity contribution in [1.29, 1.82) is 0 Å². The molecule has 12 heteroatoms. The molecular weight excluding hydrogens is 709 g/mol. The first-order valence-corrected chi connectivity index (χ1v) is 18.8. The van der Waals surface area contributed by atoms with E-state index in [1.54, 1.807) is 12.1 Å². The number of aromatic nitrogens is 2. The molecule has 5 aromatic carbocycles. The van der Waals surface area contributed by atoms with Crippen molar-refractivity contribution in [3.8, 4) is 11.1 Å². The lowest BCUT2D eigenvalue weighted by molar-refractivity contribution is -0.384. The minimum atomic E-state index is -0.577. The number of nitro groups is 1. The van der Waals surface area contributed by atoms with Gasteiger partial charge in [-0.15, -0.1) is 0 Å². The van der Waals surface area contributed by atoms with Gasteiger partial charge in [0.15, 0.2) is 6.29 Å². The van der Waals surface area contributed by atoms with Crippen LogP contribution in [0.1, 0.15) is 51.6 Å². The molecule has 0 radical (unpaired) electrons. The molecule has 3 atom stereocenters. The molecule has 2 saturated heterocycles. The van der Waals surface area contributed by atoms with Gasteiger partial charge in [-0.3, -0.25) is 24.8 Å². The fourth-order valence-corrected chi connectivity index (χ4v) is 7.33. The Kier molecular flexibility index (Phi) is 11.0. The molecule has 0 spiro atoms. The first kappa shape index (κ1) is 36.9. The number of fused-ring (bicyclic) bond motifs is 1. The van der Waals surface area contributed by atoms with E-state index >= 15 is 0 Å². The molecule has 284 valence electrons. The third kappa shape index (κ3) is 8.59. The van der Waals surface area contributed by atoms with E-state index in [-0.39, 0.29) is 41.0 Å². The fraction of sp³-hybridized carbons (Fsp3) is 0.250. The van der Waals surface area contributed by atoms with E-state index in [1.807, 2.05) is 91.0 Å². The van der Waals surface area contributed by atoms with Gasteiger partial charge < -0.3 is 24.8 Å². The zero-order valence-electron chi connectivity index (χ0n) is 30.7. The van der Waals surface area contributed by atoms with Crippen LogP contribution in [-0.4, -0.2) is 69.6 Å². The van der Waals surface area contributed by atoms with Crippen LogP contribution in [0.3, 0.4) is 0 Å². The predicted molar refractivity (Wildman–Crippen MR) is 213 cm³/mol. The molecule has 56 heavy (non-hydrogen) atoms. The molecule has 1 aromatic heterocycles. The molecule has 0 aliphatic carbocycles. The van der Waals surface area contributed by atoms with E-state index in [9.17, 15) is 20.0 Å². The number of anilines is 1. The lowest BCUT2D eigenvalue weighted by atomic mass is 9.98. The van der Waals surface area contributed by atoms with Gasteiger partial charge in [0.1, 0.15) is 5.69 Å². The molecule has 0 unspecified atom stereocenters. The molecule has 2 N–H and O–H groups in total. The maximum absolute atomic E-state index is 12.9. The highest BCUT2D eigenvalue weighted by Gasteiger charge is 2.34. The van der Waals surface area contributed by atoms with Crippen LogP contribution in [-0.2, 0) is 22.6 Å². The van der Waals surface area contributed by atoms with Gasteiger partial charge in [-0.2, -0.15) is 0 Å². The van der Waals surface area contributed by atoms with Crippen LogP contribution in [0.4, 0.5) is 11.4 Å². The van der Waals surface area contributed by atoms with Gasteiger partial charge in [0.05, 0.1) is 41.0 Å². The second-order valence-electron chi connectivity index (χ2n) is 14.2. The Balaban J connectivity index is 0.926. The third-order valence-electron chi connectivity index (χ3n) is 10.5. The summed E-state index contributed by atoms with van der Waals surface area (Å²) in [6, 6.07) is 38.4. The second kappa shape index (κ2) is 16.8. The van der Waals surface area contributed by atoms with Crippen molar-refractivity contribution in [3.63, 3.8) is 0 Å². The van der Waals surface area contributed by atoms with Crippen LogP contribution < -0.4 is 10.2 Å². The van der Waals surface area contributed by atoms with Gasteiger partial charge >= 0.3 is 0 Å². The summed E-state index contributed by atoms with van der Waals surface area (Å²) >= 11 is 0. The van der Waals surface area contributed by atoms with Gasteiger partial charge in [-0.1, -0.05) is 78.9 Å². The van der Waals surface area contributed by atoms with Crippen LogP contribution in [0, 0.1) is 10.1 Å². The average molecular weight is 751 g/mol. The quantitative estimate of drug-likeness (QED) is 0.105. The van der Waals surface area contributed by atoms with Gasteiger partial charge in [-0.25, -0.2) is 4.98 Å². The molecule has 8 rings (SSSR count). The first-order valence-electron chi connectivity index (χ1n) is 18.8. The average Bonchev–Trinajstić information content (AvgIpc) is 3.25. The van der Waals surface area contributed by atoms with Gasteiger partial charge in [0.25, 0.3) is 11.6 Å². The number of piperazine rings is 1. The monoisotopic (exact) mass is 750 g/mol. The number of carbonyl (C=O) groups is 1. The summed E-state index contributed by atoms with van der Waals surface area (Å²) in [5.74, 6) is -0.282. The highest BCUT2D eigenvalue weighted by atomic mass is 16.7. The number of rotatable bonds is 11. The number of carbonyl (C=O) groups excluding carboxylic acids is 1. The Morgan fingerprint density at radius 3 is 2.27 bits per heavy atom. The minimum absolute atomic E-state index is 0.0174. The molecule has 0 bridgehead atoms. The number of hydrogen-bond donors (Lipinski definition) is 2. The molecule has 2 aliphatic rings. The number of hydrogen-bond acceptors (Lipinski definition) is 10. The van der Waals surface area contributed by atoms with Crippen molar-refractivity contribution in [2.75, 3.05) is 37.6 Å². The Bertz CT molecular complexity index is 2300. The highest BCUT2D eigenvalue weighted by Crippen LogP contribution is 2.39. The molecular formula is C44H42N6O6. The summed E-state index contributed by atoms with van der Waals surface area (Å²) in [6.45, 7) is 4.37. The molecule has 2 fully saturated rings. The lowest BCUT2D eigenvalue weighted by Gasteiger charge is -2.41. The molecule has 3 heterocycles. The maximum Gasteiger partial charge on any atom is 0.271 e. The van der Waals surface area contributed by atoms with E-state index in [0.717, 1.165) is 77.3 Å². The molecule has 0 saturated carbocycles. The number of ether oxygens (including phenoxy) is 2. The molecule has 2 aliphatic heterocycles. The van der Waals surface area contributed by atoms with E-state index < -0.39 is 6.29 Å². The van der Waals surface area contributed by atoms with E-state index in [4.69, 9.17) is 9.47 Å². The fourth-order valence-electron chi connectivity index (χ4n) is 7.33. The number of nitro benzene ring substituents is 1. The number of nitrogens with zero attached hydrogens (tertiary/aromatic N) is 5. The molecule has 12 nitrogen and oxygen atoms in total. The summed E-state index contributed by atoms with van der Waals surface area (Å²) in [5, 5.41) is 23.7.